The quantitative estimate of drug-likeness (QED) is 0.507. The molecule has 1 spiro atoms. The molecule has 6 heteroatoms. The van der Waals surface area contributed by atoms with Gasteiger partial charge in [0.15, 0.2) is 0 Å². The average Bonchev–Trinajstić information content (AvgIpc) is 3.12. The Balaban J connectivity index is 1.34. The average molecular weight is 462 g/mol. The van der Waals surface area contributed by atoms with E-state index in [2.05, 4.69) is 54.4 Å². The van der Waals surface area contributed by atoms with Gasteiger partial charge in [0.1, 0.15) is 11.6 Å². The van der Waals surface area contributed by atoms with Gasteiger partial charge < -0.3 is 5.32 Å². The predicted molar refractivity (Wildman–Crippen MR) is 131 cm³/mol. The number of likely N-dealkylation sites (tertiary alicyclic amines) is 1. The topological polar surface area (TPSA) is 35.6 Å². The Morgan fingerprint density at radius 1 is 0.941 bits per heavy atom. The van der Waals surface area contributed by atoms with Gasteiger partial charge in [-0.2, -0.15) is 0 Å². The molecule has 176 valence electrons. The van der Waals surface area contributed by atoms with E-state index in [4.69, 9.17) is 0 Å². The number of benzene rings is 3. The minimum atomic E-state index is -0.782. The van der Waals surface area contributed by atoms with Gasteiger partial charge in [0.2, 0.25) is 0 Å². The molecule has 0 aromatic heterocycles. The van der Waals surface area contributed by atoms with E-state index < -0.39 is 17.7 Å². The molecule has 4 nitrogen and oxygen atoms in total. The van der Waals surface area contributed by atoms with Crippen LogP contribution in [-0.4, -0.2) is 30.6 Å². The summed E-state index contributed by atoms with van der Waals surface area (Å²) in [6.07, 6.45) is 1.90. The summed E-state index contributed by atoms with van der Waals surface area (Å²) in [4.78, 5) is 17.4. The molecule has 0 aliphatic carbocycles. The van der Waals surface area contributed by atoms with Crippen LogP contribution in [0.5, 0.6) is 0 Å². The molecular weight excluding hydrogens is 432 g/mol. The van der Waals surface area contributed by atoms with E-state index in [1.54, 1.807) is 4.90 Å². The third-order valence-electron chi connectivity index (χ3n) is 7.23. The second kappa shape index (κ2) is 8.84. The summed E-state index contributed by atoms with van der Waals surface area (Å²) in [5.41, 5.74) is 5.66. The number of urea groups is 1. The summed E-state index contributed by atoms with van der Waals surface area (Å²) in [6.45, 7) is 7.54. The number of carbonyl (C=O) groups excluding carboxylic acids is 1. The number of amides is 2. The largest absolute Gasteiger partial charge is 0.326 e. The second-order valence-corrected chi connectivity index (χ2v) is 9.70. The van der Waals surface area contributed by atoms with Crippen LogP contribution < -0.4 is 10.2 Å². The van der Waals surface area contributed by atoms with Crippen molar-refractivity contribution < 1.29 is 13.6 Å². The second-order valence-electron chi connectivity index (χ2n) is 9.70. The van der Waals surface area contributed by atoms with Crippen LogP contribution in [0.25, 0.3) is 0 Å². The third kappa shape index (κ3) is 4.30. The molecule has 0 bridgehead atoms. The van der Waals surface area contributed by atoms with Crippen LogP contribution in [-0.2, 0) is 12.0 Å². The van der Waals surface area contributed by atoms with Crippen LogP contribution in [0, 0.1) is 25.5 Å². The number of anilines is 2. The Hall–Kier alpha value is -3.25. The van der Waals surface area contributed by atoms with E-state index in [0.717, 1.165) is 55.9 Å². The Labute approximate surface area is 199 Å². The van der Waals surface area contributed by atoms with Crippen LogP contribution in [0.1, 0.15) is 35.1 Å². The highest BCUT2D eigenvalue weighted by Crippen LogP contribution is 2.47. The standard InChI is InChI=1S/C28H29F2N3O/c1-19-3-6-21(7-4-19)17-32-13-11-28(12-14-32)18-33(26-10-5-20(2)15-23(26)28)27(34)31-25-9-8-22(29)16-24(25)30/h3-10,15-16H,11-14,17-18H2,1-2H3,(H,31,34). The summed E-state index contributed by atoms with van der Waals surface area (Å²) < 4.78 is 27.4. The minimum absolute atomic E-state index is 0.0195. The first-order valence-corrected chi connectivity index (χ1v) is 11.8. The van der Waals surface area contributed by atoms with Crippen molar-refractivity contribution in [1.82, 2.24) is 4.90 Å². The monoisotopic (exact) mass is 461 g/mol. The molecule has 2 amide bonds. The lowest BCUT2D eigenvalue weighted by Gasteiger charge is -2.40. The third-order valence-corrected chi connectivity index (χ3v) is 7.23. The Kier molecular flexibility index (Phi) is 5.86. The lowest BCUT2D eigenvalue weighted by molar-refractivity contribution is 0.160. The normalized spacial score (nSPS) is 17.1. The molecule has 3 aromatic carbocycles. The highest BCUT2D eigenvalue weighted by atomic mass is 19.1. The lowest BCUT2D eigenvalue weighted by Crippen LogP contribution is -2.46. The molecule has 2 heterocycles. The zero-order valence-corrected chi connectivity index (χ0v) is 19.6. The van der Waals surface area contributed by atoms with Crippen LogP contribution in [0.3, 0.4) is 0 Å². The van der Waals surface area contributed by atoms with Gasteiger partial charge in [-0.25, -0.2) is 13.6 Å². The first-order valence-electron chi connectivity index (χ1n) is 11.8. The molecule has 0 saturated carbocycles. The number of carbonyl (C=O) groups is 1. The summed E-state index contributed by atoms with van der Waals surface area (Å²) in [7, 11) is 0. The van der Waals surface area contributed by atoms with Gasteiger partial charge in [-0.1, -0.05) is 47.5 Å². The van der Waals surface area contributed by atoms with Crippen molar-refractivity contribution in [3.63, 3.8) is 0 Å². The number of rotatable bonds is 3. The number of halogens is 2. The molecule has 3 aromatic rings. The van der Waals surface area contributed by atoms with E-state index in [0.29, 0.717) is 6.54 Å². The van der Waals surface area contributed by atoms with Crippen molar-refractivity contribution in [3.8, 4) is 0 Å². The molecule has 0 radical (unpaired) electrons. The number of piperidine rings is 1. The van der Waals surface area contributed by atoms with Gasteiger partial charge in [-0.15, -0.1) is 0 Å². The zero-order valence-electron chi connectivity index (χ0n) is 19.6. The Morgan fingerprint density at radius 3 is 2.35 bits per heavy atom. The molecular formula is C28H29F2N3O. The Bertz CT molecular complexity index is 1220. The van der Waals surface area contributed by atoms with E-state index in [-0.39, 0.29) is 11.1 Å². The SMILES string of the molecule is Cc1ccc(CN2CCC3(CC2)CN(C(=O)Nc2ccc(F)cc2F)c2ccc(C)cc23)cc1. The van der Waals surface area contributed by atoms with Gasteiger partial charge in [-0.05, 0) is 69.1 Å². The van der Waals surface area contributed by atoms with Crippen molar-refractivity contribution >= 4 is 17.4 Å². The molecule has 0 atom stereocenters. The smallest absolute Gasteiger partial charge is 0.305 e. The van der Waals surface area contributed by atoms with Gasteiger partial charge in [-0.3, -0.25) is 9.80 Å². The van der Waals surface area contributed by atoms with E-state index in [9.17, 15) is 13.6 Å². The molecule has 5 rings (SSSR count). The summed E-state index contributed by atoms with van der Waals surface area (Å²) in [6, 6.07) is 17.6. The van der Waals surface area contributed by atoms with Crippen LogP contribution >= 0.6 is 0 Å². The summed E-state index contributed by atoms with van der Waals surface area (Å²) in [5.74, 6) is -1.45. The van der Waals surface area contributed by atoms with E-state index >= 15 is 0 Å². The molecule has 1 fully saturated rings. The molecule has 1 N–H and O–H groups in total. The van der Waals surface area contributed by atoms with Crippen molar-refractivity contribution in [2.24, 2.45) is 0 Å². The van der Waals surface area contributed by atoms with Gasteiger partial charge in [0, 0.05) is 30.3 Å². The van der Waals surface area contributed by atoms with Crippen molar-refractivity contribution in [2.75, 3.05) is 29.9 Å². The maximum Gasteiger partial charge on any atom is 0.326 e. The first-order chi connectivity index (χ1) is 16.3. The number of hydrogen-bond acceptors (Lipinski definition) is 2. The minimum Gasteiger partial charge on any atom is -0.305 e. The molecule has 0 unspecified atom stereocenters. The lowest BCUT2D eigenvalue weighted by atomic mass is 9.74. The fraction of sp³-hybridized carbons (Fsp3) is 0.321. The molecule has 2 aliphatic rings. The van der Waals surface area contributed by atoms with Gasteiger partial charge in [0.05, 0.1) is 5.69 Å². The zero-order chi connectivity index (χ0) is 23.9. The fourth-order valence-electron chi connectivity index (χ4n) is 5.26. The number of nitrogens with one attached hydrogen (secondary N) is 1. The van der Waals surface area contributed by atoms with Crippen LogP contribution in [0.2, 0.25) is 0 Å². The number of aryl methyl sites for hydroxylation is 2. The fourth-order valence-corrected chi connectivity index (χ4v) is 5.26. The number of hydrogen-bond donors (Lipinski definition) is 1. The maximum absolute atomic E-state index is 14.2. The van der Waals surface area contributed by atoms with Gasteiger partial charge in [0.25, 0.3) is 0 Å². The number of nitrogens with zero attached hydrogens (tertiary/aromatic N) is 2. The Morgan fingerprint density at radius 2 is 1.65 bits per heavy atom. The molecule has 2 aliphatic heterocycles. The summed E-state index contributed by atoms with van der Waals surface area (Å²) >= 11 is 0. The van der Waals surface area contributed by atoms with E-state index in [1.165, 1.54) is 22.8 Å². The highest BCUT2D eigenvalue weighted by molar-refractivity contribution is 6.03. The van der Waals surface area contributed by atoms with Crippen LogP contribution in [0.15, 0.2) is 60.7 Å². The maximum atomic E-state index is 14.2. The summed E-state index contributed by atoms with van der Waals surface area (Å²) in [5, 5.41) is 2.64. The molecule has 1 saturated heterocycles. The van der Waals surface area contributed by atoms with Crippen molar-refractivity contribution in [3.05, 3.63) is 94.6 Å². The highest BCUT2D eigenvalue weighted by Gasteiger charge is 2.46. The van der Waals surface area contributed by atoms with Crippen molar-refractivity contribution in [1.29, 1.82) is 0 Å². The van der Waals surface area contributed by atoms with Gasteiger partial charge >= 0.3 is 6.03 Å². The molecule has 34 heavy (non-hydrogen) atoms. The van der Waals surface area contributed by atoms with Crippen molar-refractivity contribution in [2.45, 2.75) is 38.6 Å². The van der Waals surface area contributed by atoms with Crippen LogP contribution in [0.4, 0.5) is 25.0 Å². The first kappa shape index (κ1) is 22.5. The predicted octanol–water partition coefficient (Wildman–Crippen LogP) is 6.17. The van der Waals surface area contributed by atoms with E-state index in [1.807, 2.05) is 12.1 Å². The number of fused-ring (bicyclic) bond motifs is 2.